The van der Waals surface area contributed by atoms with Gasteiger partial charge in [0, 0.05) is 0 Å². The normalized spacial score (nSPS) is 10.5. The van der Waals surface area contributed by atoms with Gasteiger partial charge in [0.25, 0.3) is 0 Å². The van der Waals surface area contributed by atoms with Crippen molar-refractivity contribution < 1.29 is 9.15 Å². The van der Waals surface area contributed by atoms with E-state index < -0.39 is 11.4 Å². The first-order valence-electron chi connectivity index (χ1n) is 4.51. The van der Waals surface area contributed by atoms with Crippen molar-refractivity contribution in [2.24, 2.45) is 0 Å². The molecule has 2 rings (SSSR count). The van der Waals surface area contributed by atoms with E-state index in [9.17, 15) is 9.59 Å². The quantitative estimate of drug-likeness (QED) is 0.793. The number of fused-ring (bicyclic) bond motifs is 1. The lowest BCUT2D eigenvalue weighted by atomic mass is 10.2. The molecule has 0 amide bonds. The Bertz CT molecular complexity index is 596. The molecule has 0 spiro atoms. The average molecular weight is 207 g/mol. The number of hydrogen-bond acceptors (Lipinski definition) is 4. The van der Waals surface area contributed by atoms with Crippen LogP contribution in [0.2, 0.25) is 0 Å². The Kier molecular flexibility index (Phi) is 2.29. The van der Waals surface area contributed by atoms with Gasteiger partial charge in [0.1, 0.15) is 11.1 Å². The van der Waals surface area contributed by atoms with Crippen LogP contribution in [0, 0.1) is 0 Å². The van der Waals surface area contributed by atoms with Crippen molar-refractivity contribution in [2.45, 2.75) is 6.92 Å². The van der Waals surface area contributed by atoms with Crippen molar-refractivity contribution in [2.75, 3.05) is 6.61 Å². The maximum atomic E-state index is 11.4. The summed E-state index contributed by atoms with van der Waals surface area (Å²) in [4.78, 5) is 24.8. The molecule has 0 aliphatic rings. The number of ether oxygens (including phenoxy) is 1. The van der Waals surface area contributed by atoms with Crippen LogP contribution in [-0.4, -0.2) is 11.6 Å². The molecule has 0 saturated carbocycles. The highest BCUT2D eigenvalue weighted by molar-refractivity contribution is 5.83. The third kappa shape index (κ3) is 1.63. The molecule has 0 unspecified atom stereocenters. The topological polar surface area (TPSA) is 72.3 Å². The van der Waals surface area contributed by atoms with Crippen molar-refractivity contribution in [3.05, 3.63) is 39.2 Å². The standard InChI is InChI=1S/C10H9NO4/c1-2-14-7-5-3-4-6-8(7)9(12)15-10(13)11-6/h3-5H,2H2,1H3,(H,11,13). The largest absolute Gasteiger partial charge is 0.493 e. The number of rotatable bonds is 2. The minimum absolute atomic E-state index is 0.263. The Morgan fingerprint density at radius 2 is 2.20 bits per heavy atom. The third-order valence-electron chi connectivity index (χ3n) is 1.95. The second-order valence-electron chi connectivity index (χ2n) is 2.91. The monoisotopic (exact) mass is 207 g/mol. The zero-order valence-electron chi connectivity index (χ0n) is 8.07. The van der Waals surface area contributed by atoms with Crippen molar-refractivity contribution in [3.8, 4) is 5.75 Å². The van der Waals surface area contributed by atoms with Crippen LogP contribution < -0.4 is 16.1 Å². The lowest BCUT2D eigenvalue weighted by Crippen LogP contribution is -2.15. The SMILES string of the molecule is CCOc1cccc2[nH]c(=O)oc(=O)c12. The van der Waals surface area contributed by atoms with Crippen LogP contribution in [0.25, 0.3) is 10.9 Å². The molecule has 5 heteroatoms. The summed E-state index contributed by atoms with van der Waals surface area (Å²) in [6, 6.07) is 4.97. The molecule has 0 bridgehead atoms. The maximum Gasteiger partial charge on any atom is 0.419 e. The molecule has 1 N–H and O–H groups in total. The summed E-state index contributed by atoms with van der Waals surface area (Å²) in [5, 5.41) is 0.263. The van der Waals surface area contributed by atoms with E-state index in [0.29, 0.717) is 17.9 Å². The molecule has 0 fully saturated rings. The Hall–Kier alpha value is -2.04. The van der Waals surface area contributed by atoms with E-state index in [1.54, 1.807) is 18.2 Å². The molecule has 0 radical (unpaired) electrons. The van der Waals surface area contributed by atoms with E-state index in [-0.39, 0.29) is 5.39 Å². The van der Waals surface area contributed by atoms with E-state index in [1.807, 2.05) is 6.92 Å². The van der Waals surface area contributed by atoms with Gasteiger partial charge < -0.3 is 9.15 Å². The van der Waals surface area contributed by atoms with Crippen LogP contribution in [0.1, 0.15) is 6.92 Å². The molecule has 0 aliphatic carbocycles. The van der Waals surface area contributed by atoms with Gasteiger partial charge in [0.15, 0.2) is 0 Å². The third-order valence-corrected chi connectivity index (χ3v) is 1.95. The van der Waals surface area contributed by atoms with Gasteiger partial charge in [0.2, 0.25) is 0 Å². The first kappa shape index (κ1) is 9.51. The fourth-order valence-corrected chi connectivity index (χ4v) is 1.39. The summed E-state index contributed by atoms with van der Waals surface area (Å²) in [6.07, 6.45) is 0. The molecule has 0 saturated heterocycles. The van der Waals surface area contributed by atoms with Gasteiger partial charge in [-0.1, -0.05) is 6.07 Å². The van der Waals surface area contributed by atoms with Crippen LogP contribution in [0.3, 0.4) is 0 Å². The second kappa shape index (κ2) is 3.61. The minimum Gasteiger partial charge on any atom is -0.493 e. The predicted molar refractivity (Wildman–Crippen MR) is 54.3 cm³/mol. The van der Waals surface area contributed by atoms with E-state index in [2.05, 4.69) is 9.40 Å². The van der Waals surface area contributed by atoms with E-state index in [1.165, 1.54) is 0 Å². The highest BCUT2D eigenvalue weighted by atomic mass is 16.5. The molecule has 0 aliphatic heterocycles. The van der Waals surface area contributed by atoms with Gasteiger partial charge >= 0.3 is 11.4 Å². The Balaban J connectivity index is 2.85. The molecule has 78 valence electrons. The fraction of sp³-hybridized carbons (Fsp3) is 0.200. The highest BCUT2D eigenvalue weighted by Crippen LogP contribution is 2.19. The van der Waals surface area contributed by atoms with Gasteiger partial charge in [-0.3, -0.25) is 4.98 Å². The maximum absolute atomic E-state index is 11.4. The van der Waals surface area contributed by atoms with Crippen LogP contribution >= 0.6 is 0 Å². The summed E-state index contributed by atoms with van der Waals surface area (Å²) >= 11 is 0. The molecule has 1 aromatic heterocycles. The van der Waals surface area contributed by atoms with Crippen molar-refractivity contribution in [1.82, 2.24) is 4.98 Å². The summed E-state index contributed by atoms with van der Waals surface area (Å²) in [6.45, 7) is 2.25. The van der Waals surface area contributed by atoms with Gasteiger partial charge in [-0.25, -0.2) is 9.59 Å². The van der Waals surface area contributed by atoms with E-state index in [4.69, 9.17) is 4.74 Å². The number of aromatic amines is 1. The number of hydrogen-bond donors (Lipinski definition) is 1. The Morgan fingerprint density at radius 3 is 2.93 bits per heavy atom. The van der Waals surface area contributed by atoms with Gasteiger partial charge in [-0.15, -0.1) is 0 Å². The number of nitrogens with one attached hydrogen (secondary N) is 1. The summed E-state index contributed by atoms with van der Waals surface area (Å²) in [5.41, 5.74) is -0.264. The molecule has 1 aromatic carbocycles. The predicted octanol–water partition coefficient (Wildman–Crippen LogP) is 0.880. The number of benzene rings is 1. The molecule has 15 heavy (non-hydrogen) atoms. The number of H-pyrrole nitrogens is 1. The molecule has 1 heterocycles. The molecular weight excluding hydrogens is 198 g/mol. The summed E-state index contributed by atoms with van der Waals surface area (Å²) in [5.74, 6) is -0.346. The van der Waals surface area contributed by atoms with Crippen LogP contribution in [0.4, 0.5) is 0 Å². The van der Waals surface area contributed by atoms with Crippen LogP contribution in [-0.2, 0) is 0 Å². The Morgan fingerprint density at radius 1 is 1.40 bits per heavy atom. The van der Waals surface area contributed by atoms with Gasteiger partial charge in [0.05, 0.1) is 12.1 Å². The smallest absolute Gasteiger partial charge is 0.419 e. The highest BCUT2D eigenvalue weighted by Gasteiger charge is 2.08. The lowest BCUT2D eigenvalue weighted by Gasteiger charge is -2.04. The van der Waals surface area contributed by atoms with E-state index in [0.717, 1.165) is 0 Å². The van der Waals surface area contributed by atoms with Gasteiger partial charge in [-0.05, 0) is 19.1 Å². The van der Waals surface area contributed by atoms with Crippen LogP contribution in [0.5, 0.6) is 5.75 Å². The van der Waals surface area contributed by atoms with Crippen LogP contribution in [0.15, 0.2) is 32.2 Å². The van der Waals surface area contributed by atoms with Crippen molar-refractivity contribution in [3.63, 3.8) is 0 Å². The molecule has 5 nitrogen and oxygen atoms in total. The summed E-state index contributed by atoms with van der Waals surface area (Å²) < 4.78 is 9.69. The zero-order valence-corrected chi connectivity index (χ0v) is 8.07. The number of aromatic nitrogens is 1. The lowest BCUT2D eigenvalue weighted by molar-refractivity contribution is 0.342. The fourth-order valence-electron chi connectivity index (χ4n) is 1.39. The molecule has 2 aromatic rings. The summed E-state index contributed by atoms with van der Waals surface area (Å²) in [7, 11) is 0. The van der Waals surface area contributed by atoms with E-state index >= 15 is 0 Å². The second-order valence-corrected chi connectivity index (χ2v) is 2.91. The minimum atomic E-state index is -0.763. The molecular formula is C10H9NO4. The molecule has 0 atom stereocenters. The van der Waals surface area contributed by atoms with Gasteiger partial charge in [-0.2, -0.15) is 0 Å². The average Bonchev–Trinajstić information content (AvgIpc) is 2.17. The zero-order chi connectivity index (χ0) is 10.8. The first-order valence-corrected chi connectivity index (χ1v) is 4.51. The van der Waals surface area contributed by atoms with Crippen molar-refractivity contribution in [1.29, 1.82) is 0 Å². The Labute approximate surface area is 84.3 Å². The van der Waals surface area contributed by atoms with Crippen molar-refractivity contribution >= 4 is 10.9 Å². The first-order chi connectivity index (χ1) is 7.22.